The van der Waals surface area contributed by atoms with Crippen LogP contribution >= 0.6 is 0 Å². The minimum absolute atomic E-state index is 0.387. The van der Waals surface area contributed by atoms with Crippen molar-refractivity contribution >= 4 is 11.9 Å². The van der Waals surface area contributed by atoms with Crippen LogP contribution in [0.1, 0.15) is 19.8 Å². The van der Waals surface area contributed by atoms with E-state index in [9.17, 15) is 9.59 Å². The van der Waals surface area contributed by atoms with Gasteiger partial charge in [-0.2, -0.15) is 0 Å². The smallest absolute Gasteiger partial charge is 0.418 e. The predicted molar refractivity (Wildman–Crippen MR) is 48.5 cm³/mol. The first-order valence-electron chi connectivity index (χ1n) is 4.65. The Balaban J connectivity index is 2.49. The van der Waals surface area contributed by atoms with Gasteiger partial charge in [0.25, 0.3) is 0 Å². The second-order valence-corrected chi connectivity index (χ2v) is 3.78. The summed E-state index contributed by atoms with van der Waals surface area (Å²) in [6.07, 6.45) is 1.37. The molecule has 0 saturated carbocycles. The zero-order valence-corrected chi connectivity index (χ0v) is 8.40. The third-order valence-corrected chi connectivity index (χ3v) is 2.49. The van der Waals surface area contributed by atoms with E-state index in [1.54, 1.807) is 0 Å². The van der Waals surface area contributed by atoms with Gasteiger partial charge in [-0.3, -0.25) is 4.90 Å². The Morgan fingerprint density at radius 2 is 2.14 bits per heavy atom. The van der Waals surface area contributed by atoms with E-state index in [0.29, 0.717) is 12.3 Å². The summed E-state index contributed by atoms with van der Waals surface area (Å²) in [5.41, 5.74) is 0. The number of nitrogens with zero attached hydrogens (tertiary/aromatic N) is 1. The maximum Gasteiger partial charge on any atom is 0.418 e. The average Bonchev–Trinajstić information content (AvgIpc) is 2.11. The number of carboxylic acid groups (broad SMARTS) is 1. The van der Waals surface area contributed by atoms with Crippen molar-refractivity contribution in [1.82, 2.24) is 4.90 Å². The highest BCUT2D eigenvalue weighted by atomic mass is 16.6. The topological polar surface area (TPSA) is 66.8 Å². The number of piperidine rings is 1. The number of likely N-dealkylation sites (tertiary alicyclic amines) is 1. The normalized spacial score (nSPS) is 28.4. The molecule has 14 heavy (non-hydrogen) atoms. The average molecular weight is 201 g/mol. The number of esters is 1. The second-order valence-electron chi connectivity index (χ2n) is 3.78. The summed E-state index contributed by atoms with van der Waals surface area (Å²) < 4.78 is 4.82. The molecule has 1 fully saturated rings. The summed E-state index contributed by atoms with van der Waals surface area (Å²) in [7, 11) is 1.83. The number of rotatable bonds is 1. The molecule has 1 rings (SSSR count). The standard InChI is InChI=1S/C9H15NO4/c1-6-3-4-10(2)7(5-6)14-9(13)8(11)12/h6-7H,3-5H2,1-2H3,(H,11,12). The molecule has 2 atom stereocenters. The zero-order valence-electron chi connectivity index (χ0n) is 8.40. The Bertz CT molecular complexity index is 241. The molecule has 1 aliphatic rings. The van der Waals surface area contributed by atoms with Crippen LogP contribution in [0.3, 0.4) is 0 Å². The Morgan fingerprint density at radius 1 is 1.50 bits per heavy atom. The van der Waals surface area contributed by atoms with Crippen LogP contribution in [0.2, 0.25) is 0 Å². The van der Waals surface area contributed by atoms with Crippen molar-refractivity contribution in [3.63, 3.8) is 0 Å². The monoisotopic (exact) mass is 201 g/mol. The fourth-order valence-electron chi connectivity index (χ4n) is 1.52. The zero-order chi connectivity index (χ0) is 10.7. The first kappa shape index (κ1) is 11.0. The number of hydrogen-bond donors (Lipinski definition) is 1. The lowest BCUT2D eigenvalue weighted by Crippen LogP contribution is -2.43. The van der Waals surface area contributed by atoms with Crippen LogP contribution in [0.25, 0.3) is 0 Å². The number of aliphatic carboxylic acids is 1. The van der Waals surface area contributed by atoms with Crippen LogP contribution in [-0.4, -0.2) is 41.8 Å². The van der Waals surface area contributed by atoms with E-state index < -0.39 is 11.9 Å². The molecular weight excluding hydrogens is 186 g/mol. The van der Waals surface area contributed by atoms with E-state index in [1.165, 1.54) is 0 Å². The minimum Gasteiger partial charge on any atom is -0.473 e. The molecule has 1 saturated heterocycles. The Labute approximate surface area is 82.6 Å². The lowest BCUT2D eigenvalue weighted by Gasteiger charge is -2.34. The molecule has 0 spiro atoms. The number of carboxylic acids is 1. The molecule has 0 bridgehead atoms. The quantitative estimate of drug-likeness (QED) is 0.488. The maximum atomic E-state index is 10.8. The molecule has 0 aromatic rings. The number of ether oxygens (including phenoxy) is 1. The van der Waals surface area contributed by atoms with E-state index in [4.69, 9.17) is 9.84 Å². The summed E-state index contributed by atoms with van der Waals surface area (Å²) in [5, 5.41) is 8.37. The first-order chi connectivity index (χ1) is 6.50. The summed E-state index contributed by atoms with van der Waals surface area (Å²) >= 11 is 0. The Kier molecular flexibility index (Phi) is 3.46. The van der Waals surface area contributed by atoms with Crippen molar-refractivity contribution in [3.8, 4) is 0 Å². The molecule has 0 radical (unpaired) electrons. The van der Waals surface area contributed by atoms with Gasteiger partial charge in [0.1, 0.15) is 0 Å². The summed E-state index contributed by atoms with van der Waals surface area (Å²) in [6.45, 7) is 2.90. The molecule has 0 aliphatic carbocycles. The van der Waals surface area contributed by atoms with Crippen LogP contribution in [0.15, 0.2) is 0 Å². The van der Waals surface area contributed by atoms with Crippen LogP contribution in [-0.2, 0) is 14.3 Å². The maximum absolute atomic E-state index is 10.8. The molecule has 0 aromatic carbocycles. The molecule has 1 heterocycles. The van der Waals surface area contributed by atoms with Gasteiger partial charge in [0.05, 0.1) is 0 Å². The SMILES string of the molecule is CC1CCN(C)C(OC(=O)C(=O)O)C1. The minimum atomic E-state index is -1.53. The molecule has 2 unspecified atom stereocenters. The summed E-state index contributed by atoms with van der Waals surface area (Å²) in [5.74, 6) is -2.23. The van der Waals surface area contributed by atoms with Crippen molar-refractivity contribution in [2.75, 3.05) is 13.6 Å². The van der Waals surface area contributed by atoms with Gasteiger partial charge < -0.3 is 9.84 Å². The predicted octanol–water partition coefficient (Wildman–Crippen LogP) is 0.302. The largest absolute Gasteiger partial charge is 0.473 e. The van der Waals surface area contributed by atoms with Gasteiger partial charge in [0, 0.05) is 13.0 Å². The lowest BCUT2D eigenvalue weighted by atomic mass is 9.98. The van der Waals surface area contributed by atoms with Crippen LogP contribution in [0, 0.1) is 5.92 Å². The van der Waals surface area contributed by atoms with Crippen molar-refractivity contribution in [1.29, 1.82) is 0 Å². The third-order valence-electron chi connectivity index (χ3n) is 2.49. The first-order valence-corrected chi connectivity index (χ1v) is 4.65. The van der Waals surface area contributed by atoms with Crippen molar-refractivity contribution in [3.05, 3.63) is 0 Å². The van der Waals surface area contributed by atoms with Gasteiger partial charge >= 0.3 is 11.9 Å². The second kappa shape index (κ2) is 4.41. The highest BCUT2D eigenvalue weighted by molar-refractivity contribution is 6.28. The number of hydrogen-bond acceptors (Lipinski definition) is 4. The Morgan fingerprint density at radius 3 is 2.71 bits per heavy atom. The highest BCUT2D eigenvalue weighted by Crippen LogP contribution is 2.21. The van der Waals surface area contributed by atoms with Crippen molar-refractivity contribution < 1.29 is 19.4 Å². The molecule has 1 aliphatic heterocycles. The fraction of sp³-hybridized carbons (Fsp3) is 0.778. The summed E-state index contributed by atoms with van der Waals surface area (Å²) in [4.78, 5) is 22.9. The van der Waals surface area contributed by atoms with Crippen LogP contribution in [0.5, 0.6) is 0 Å². The molecule has 1 N–H and O–H groups in total. The van der Waals surface area contributed by atoms with Gasteiger partial charge in [0.2, 0.25) is 0 Å². The molecule has 80 valence electrons. The number of carbonyl (C=O) groups excluding carboxylic acids is 1. The molecule has 5 nitrogen and oxygen atoms in total. The van der Waals surface area contributed by atoms with Crippen molar-refractivity contribution in [2.45, 2.75) is 26.0 Å². The van der Waals surface area contributed by atoms with Gasteiger partial charge in [-0.25, -0.2) is 9.59 Å². The highest BCUT2D eigenvalue weighted by Gasteiger charge is 2.28. The van der Waals surface area contributed by atoms with Gasteiger partial charge in [0.15, 0.2) is 6.23 Å². The van der Waals surface area contributed by atoms with Crippen LogP contribution in [0.4, 0.5) is 0 Å². The van der Waals surface area contributed by atoms with Gasteiger partial charge in [-0.1, -0.05) is 6.92 Å². The van der Waals surface area contributed by atoms with Gasteiger partial charge in [-0.15, -0.1) is 0 Å². The van der Waals surface area contributed by atoms with Gasteiger partial charge in [-0.05, 0) is 19.4 Å². The summed E-state index contributed by atoms with van der Waals surface area (Å²) in [6, 6.07) is 0. The molecular formula is C9H15NO4. The van der Waals surface area contributed by atoms with E-state index in [-0.39, 0.29) is 6.23 Å². The van der Waals surface area contributed by atoms with Crippen molar-refractivity contribution in [2.24, 2.45) is 5.92 Å². The van der Waals surface area contributed by atoms with E-state index in [0.717, 1.165) is 13.0 Å². The Hall–Kier alpha value is -1.10. The third kappa shape index (κ3) is 2.70. The molecule has 5 heteroatoms. The van der Waals surface area contributed by atoms with E-state index in [2.05, 4.69) is 6.92 Å². The fourth-order valence-corrected chi connectivity index (χ4v) is 1.52. The molecule has 0 amide bonds. The van der Waals surface area contributed by atoms with E-state index in [1.807, 2.05) is 11.9 Å². The lowest BCUT2D eigenvalue weighted by molar-refractivity contribution is -0.176. The van der Waals surface area contributed by atoms with E-state index >= 15 is 0 Å². The number of carbonyl (C=O) groups is 2. The van der Waals surface area contributed by atoms with Crippen LogP contribution < -0.4 is 0 Å². The molecule has 0 aromatic heterocycles.